The summed E-state index contributed by atoms with van der Waals surface area (Å²) in [5, 5.41) is 2.71. The molecule has 0 fully saturated rings. The maximum atomic E-state index is 12.7. The number of amides is 1. The predicted octanol–water partition coefficient (Wildman–Crippen LogP) is 2.80. The van der Waals surface area contributed by atoms with E-state index in [4.69, 9.17) is 4.42 Å². The summed E-state index contributed by atoms with van der Waals surface area (Å²) in [7, 11) is 1.84. The van der Waals surface area contributed by atoms with Gasteiger partial charge in [-0.2, -0.15) is 0 Å². The van der Waals surface area contributed by atoms with E-state index in [1.807, 2.05) is 31.0 Å². The topological polar surface area (TPSA) is 45.5 Å². The summed E-state index contributed by atoms with van der Waals surface area (Å²) < 4.78 is 18.2. The molecule has 2 rings (SSSR count). The number of halogens is 1. The molecular weight excluding hydrogens is 259 g/mol. The number of carbonyl (C=O) groups excluding carboxylic acids is 1. The highest BCUT2D eigenvalue weighted by Crippen LogP contribution is 2.10. The zero-order valence-electron chi connectivity index (χ0n) is 11.5. The molecule has 0 spiro atoms. The van der Waals surface area contributed by atoms with E-state index < -0.39 is 0 Å². The van der Waals surface area contributed by atoms with Gasteiger partial charge in [-0.25, -0.2) is 4.39 Å². The Hall–Kier alpha value is -2.14. The van der Waals surface area contributed by atoms with E-state index in [-0.39, 0.29) is 18.3 Å². The van der Waals surface area contributed by atoms with Gasteiger partial charge in [0.1, 0.15) is 17.3 Å². The molecule has 5 heteroatoms. The van der Waals surface area contributed by atoms with Crippen molar-refractivity contribution in [3.05, 3.63) is 53.7 Å². The van der Waals surface area contributed by atoms with Gasteiger partial charge in [-0.1, -0.05) is 0 Å². The van der Waals surface area contributed by atoms with Crippen LogP contribution in [0.2, 0.25) is 0 Å². The largest absolute Gasteiger partial charge is 0.465 e. The lowest BCUT2D eigenvalue weighted by molar-refractivity contribution is -0.117. The zero-order valence-corrected chi connectivity index (χ0v) is 11.5. The van der Waals surface area contributed by atoms with Gasteiger partial charge < -0.3 is 9.73 Å². The van der Waals surface area contributed by atoms with Gasteiger partial charge in [0.25, 0.3) is 0 Å². The van der Waals surface area contributed by atoms with Crippen LogP contribution in [0.15, 0.2) is 40.8 Å². The van der Waals surface area contributed by atoms with E-state index in [0.29, 0.717) is 12.2 Å². The van der Waals surface area contributed by atoms with E-state index in [0.717, 1.165) is 11.5 Å². The molecule has 0 bridgehead atoms. The van der Waals surface area contributed by atoms with E-state index in [9.17, 15) is 9.18 Å². The number of aryl methyl sites for hydroxylation is 1. The quantitative estimate of drug-likeness (QED) is 0.913. The number of rotatable bonds is 5. The Morgan fingerprint density at radius 1 is 1.25 bits per heavy atom. The Balaban J connectivity index is 1.83. The molecule has 4 nitrogen and oxygen atoms in total. The second kappa shape index (κ2) is 6.34. The van der Waals surface area contributed by atoms with Crippen LogP contribution in [0.5, 0.6) is 0 Å². The van der Waals surface area contributed by atoms with Crippen LogP contribution in [-0.4, -0.2) is 24.4 Å². The SMILES string of the molecule is Cc1ccc(CN(C)CC(=O)Nc2ccc(F)cc2)o1. The van der Waals surface area contributed by atoms with Crippen molar-refractivity contribution >= 4 is 11.6 Å². The van der Waals surface area contributed by atoms with Gasteiger partial charge in [0.15, 0.2) is 0 Å². The Morgan fingerprint density at radius 3 is 2.55 bits per heavy atom. The molecule has 1 aromatic carbocycles. The van der Waals surface area contributed by atoms with Crippen LogP contribution in [0.25, 0.3) is 0 Å². The van der Waals surface area contributed by atoms with Gasteiger partial charge in [-0.3, -0.25) is 9.69 Å². The summed E-state index contributed by atoms with van der Waals surface area (Å²) in [6, 6.07) is 9.47. The molecule has 0 atom stereocenters. The first-order valence-electron chi connectivity index (χ1n) is 6.32. The van der Waals surface area contributed by atoms with Crippen LogP contribution in [-0.2, 0) is 11.3 Å². The number of nitrogens with zero attached hydrogens (tertiary/aromatic N) is 1. The second-order valence-corrected chi connectivity index (χ2v) is 4.74. The number of carbonyl (C=O) groups is 1. The van der Waals surface area contributed by atoms with Crippen LogP contribution in [0.1, 0.15) is 11.5 Å². The fraction of sp³-hybridized carbons (Fsp3) is 0.267. The molecule has 0 radical (unpaired) electrons. The standard InChI is InChI=1S/C15H17FN2O2/c1-11-3-8-14(20-11)9-18(2)10-15(19)17-13-6-4-12(16)5-7-13/h3-8H,9-10H2,1-2H3,(H,17,19). The van der Waals surface area contributed by atoms with Crippen LogP contribution >= 0.6 is 0 Å². The molecule has 0 aliphatic carbocycles. The predicted molar refractivity (Wildman–Crippen MR) is 74.8 cm³/mol. The molecule has 1 N–H and O–H groups in total. The highest BCUT2D eigenvalue weighted by molar-refractivity contribution is 5.92. The number of nitrogens with one attached hydrogen (secondary N) is 1. The van der Waals surface area contributed by atoms with Gasteiger partial charge in [0, 0.05) is 5.69 Å². The Morgan fingerprint density at radius 2 is 1.95 bits per heavy atom. The van der Waals surface area contributed by atoms with Crippen LogP contribution < -0.4 is 5.32 Å². The van der Waals surface area contributed by atoms with Crippen LogP contribution in [0.4, 0.5) is 10.1 Å². The first-order valence-corrected chi connectivity index (χ1v) is 6.32. The number of benzene rings is 1. The average Bonchev–Trinajstić information content (AvgIpc) is 2.77. The van der Waals surface area contributed by atoms with Crippen LogP contribution in [0, 0.1) is 12.7 Å². The summed E-state index contributed by atoms with van der Waals surface area (Å²) in [6.07, 6.45) is 0. The molecule has 1 aromatic heterocycles. The number of likely N-dealkylation sites (N-methyl/N-ethyl adjacent to an activating group) is 1. The van der Waals surface area contributed by atoms with Crippen molar-refractivity contribution in [2.24, 2.45) is 0 Å². The molecule has 0 saturated carbocycles. The summed E-state index contributed by atoms with van der Waals surface area (Å²) >= 11 is 0. The van der Waals surface area contributed by atoms with Crippen molar-refractivity contribution in [3.63, 3.8) is 0 Å². The number of hydrogen-bond donors (Lipinski definition) is 1. The fourth-order valence-corrected chi connectivity index (χ4v) is 1.87. The molecule has 0 aliphatic rings. The van der Waals surface area contributed by atoms with Gasteiger partial charge in [0.05, 0.1) is 13.1 Å². The van der Waals surface area contributed by atoms with Crippen molar-refractivity contribution < 1.29 is 13.6 Å². The lowest BCUT2D eigenvalue weighted by Gasteiger charge is -2.14. The first-order chi connectivity index (χ1) is 9.52. The third kappa shape index (κ3) is 4.20. The number of furan rings is 1. The number of hydrogen-bond acceptors (Lipinski definition) is 3. The molecule has 0 unspecified atom stereocenters. The summed E-state index contributed by atoms with van der Waals surface area (Å²) in [5.74, 6) is 1.19. The molecule has 2 aromatic rings. The van der Waals surface area contributed by atoms with Gasteiger partial charge in [-0.05, 0) is 50.4 Å². The van der Waals surface area contributed by atoms with Crippen molar-refractivity contribution in [2.75, 3.05) is 18.9 Å². The third-order valence-electron chi connectivity index (χ3n) is 2.76. The highest BCUT2D eigenvalue weighted by atomic mass is 19.1. The first kappa shape index (κ1) is 14.3. The normalized spacial score (nSPS) is 10.8. The fourth-order valence-electron chi connectivity index (χ4n) is 1.87. The zero-order chi connectivity index (χ0) is 14.5. The molecule has 0 saturated heterocycles. The maximum absolute atomic E-state index is 12.7. The highest BCUT2D eigenvalue weighted by Gasteiger charge is 2.09. The van der Waals surface area contributed by atoms with Crippen molar-refractivity contribution in [1.29, 1.82) is 0 Å². The smallest absolute Gasteiger partial charge is 0.238 e. The van der Waals surface area contributed by atoms with E-state index >= 15 is 0 Å². The third-order valence-corrected chi connectivity index (χ3v) is 2.76. The van der Waals surface area contributed by atoms with E-state index in [1.54, 1.807) is 0 Å². The minimum absolute atomic E-state index is 0.151. The van der Waals surface area contributed by atoms with Gasteiger partial charge in [-0.15, -0.1) is 0 Å². The number of anilines is 1. The molecule has 106 valence electrons. The average molecular weight is 276 g/mol. The Kier molecular flexibility index (Phi) is 4.53. The second-order valence-electron chi connectivity index (χ2n) is 4.74. The molecule has 0 aliphatic heterocycles. The van der Waals surface area contributed by atoms with E-state index in [1.165, 1.54) is 24.3 Å². The molecule has 1 amide bonds. The molecular formula is C15H17FN2O2. The minimum Gasteiger partial charge on any atom is -0.465 e. The monoisotopic (exact) mass is 276 g/mol. The van der Waals surface area contributed by atoms with Crippen molar-refractivity contribution in [1.82, 2.24) is 4.90 Å². The van der Waals surface area contributed by atoms with Gasteiger partial charge in [0.2, 0.25) is 5.91 Å². The lowest BCUT2D eigenvalue weighted by Crippen LogP contribution is -2.29. The minimum atomic E-state index is -0.326. The molecule has 20 heavy (non-hydrogen) atoms. The van der Waals surface area contributed by atoms with Crippen LogP contribution in [0.3, 0.4) is 0 Å². The lowest BCUT2D eigenvalue weighted by atomic mass is 10.3. The van der Waals surface area contributed by atoms with Crippen molar-refractivity contribution in [2.45, 2.75) is 13.5 Å². The summed E-state index contributed by atoms with van der Waals surface area (Å²) in [4.78, 5) is 13.7. The van der Waals surface area contributed by atoms with Gasteiger partial charge >= 0.3 is 0 Å². The Bertz CT molecular complexity index is 578. The van der Waals surface area contributed by atoms with E-state index in [2.05, 4.69) is 5.32 Å². The molecule has 1 heterocycles. The maximum Gasteiger partial charge on any atom is 0.238 e. The Labute approximate surface area is 117 Å². The summed E-state index contributed by atoms with van der Waals surface area (Å²) in [5.41, 5.74) is 0.582. The summed E-state index contributed by atoms with van der Waals surface area (Å²) in [6.45, 7) is 2.67. The van der Waals surface area contributed by atoms with Crippen molar-refractivity contribution in [3.8, 4) is 0 Å².